The SMILES string of the molecule is Nc1cccc(OCc2nnc(N3CCCC3)s2)c1. The Bertz CT molecular complexity index is 551. The molecule has 1 saturated heterocycles. The van der Waals surface area contributed by atoms with Crippen molar-refractivity contribution in [3.05, 3.63) is 29.3 Å². The molecular formula is C13H16N4OS. The standard InChI is InChI=1S/C13H16N4OS/c14-10-4-3-5-11(8-10)18-9-12-15-16-13(19-12)17-6-1-2-7-17/h3-5,8H,1-2,6-7,9,14H2. The molecule has 0 bridgehead atoms. The number of ether oxygens (including phenoxy) is 1. The lowest BCUT2D eigenvalue weighted by atomic mass is 10.3. The molecule has 2 heterocycles. The van der Waals surface area contributed by atoms with Gasteiger partial charge in [-0.25, -0.2) is 0 Å². The van der Waals surface area contributed by atoms with E-state index in [1.165, 1.54) is 12.8 Å². The highest BCUT2D eigenvalue weighted by Gasteiger charge is 2.16. The van der Waals surface area contributed by atoms with Gasteiger partial charge in [-0.2, -0.15) is 0 Å². The number of nitrogens with zero attached hydrogens (tertiary/aromatic N) is 3. The predicted molar refractivity (Wildman–Crippen MR) is 76.5 cm³/mol. The van der Waals surface area contributed by atoms with Crippen LogP contribution in [0.2, 0.25) is 0 Å². The van der Waals surface area contributed by atoms with Crippen molar-refractivity contribution in [1.29, 1.82) is 0 Å². The molecule has 1 aromatic heterocycles. The Morgan fingerprint density at radius 2 is 2.11 bits per heavy atom. The fraction of sp³-hybridized carbons (Fsp3) is 0.385. The summed E-state index contributed by atoms with van der Waals surface area (Å²) >= 11 is 1.60. The summed E-state index contributed by atoms with van der Waals surface area (Å²) in [6, 6.07) is 7.41. The van der Waals surface area contributed by atoms with Gasteiger partial charge in [0.05, 0.1) is 0 Å². The lowest BCUT2D eigenvalue weighted by Gasteiger charge is -2.11. The molecule has 0 amide bonds. The summed E-state index contributed by atoms with van der Waals surface area (Å²) in [4.78, 5) is 2.28. The predicted octanol–water partition coefficient (Wildman–Crippen LogP) is 2.30. The molecule has 3 rings (SSSR count). The zero-order valence-corrected chi connectivity index (χ0v) is 11.4. The number of nitrogens with two attached hydrogens (primary N) is 1. The average molecular weight is 276 g/mol. The van der Waals surface area contributed by atoms with E-state index in [4.69, 9.17) is 10.5 Å². The first-order valence-corrected chi connectivity index (χ1v) is 7.18. The van der Waals surface area contributed by atoms with Crippen LogP contribution in [0.15, 0.2) is 24.3 Å². The lowest BCUT2D eigenvalue weighted by molar-refractivity contribution is 0.304. The number of aromatic nitrogens is 2. The zero-order valence-electron chi connectivity index (χ0n) is 10.6. The van der Waals surface area contributed by atoms with Gasteiger partial charge >= 0.3 is 0 Å². The fourth-order valence-corrected chi connectivity index (χ4v) is 2.89. The second kappa shape index (κ2) is 5.44. The third-order valence-electron chi connectivity index (χ3n) is 3.05. The maximum atomic E-state index is 5.70. The van der Waals surface area contributed by atoms with Crippen LogP contribution in [-0.4, -0.2) is 23.3 Å². The topological polar surface area (TPSA) is 64.3 Å². The van der Waals surface area contributed by atoms with Gasteiger partial charge in [0.15, 0.2) is 5.01 Å². The molecule has 1 aromatic carbocycles. The molecule has 1 aliphatic rings. The van der Waals surface area contributed by atoms with E-state index in [0.717, 1.165) is 29.0 Å². The number of rotatable bonds is 4. The minimum Gasteiger partial charge on any atom is -0.486 e. The van der Waals surface area contributed by atoms with E-state index in [2.05, 4.69) is 15.1 Å². The van der Waals surface area contributed by atoms with E-state index in [9.17, 15) is 0 Å². The van der Waals surface area contributed by atoms with Gasteiger partial charge in [-0.1, -0.05) is 17.4 Å². The van der Waals surface area contributed by atoms with Crippen LogP contribution >= 0.6 is 11.3 Å². The van der Waals surface area contributed by atoms with Crippen LogP contribution in [0.3, 0.4) is 0 Å². The Hall–Kier alpha value is -1.82. The van der Waals surface area contributed by atoms with Gasteiger partial charge in [-0.3, -0.25) is 0 Å². The van der Waals surface area contributed by atoms with Crippen molar-refractivity contribution in [3.8, 4) is 5.75 Å². The van der Waals surface area contributed by atoms with Crippen molar-refractivity contribution >= 4 is 22.2 Å². The largest absolute Gasteiger partial charge is 0.486 e. The number of nitrogen functional groups attached to an aromatic ring is 1. The van der Waals surface area contributed by atoms with Crippen molar-refractivity contribution < 1.29 is 4.74 Å². The Morgan fingerprint density at radius 1 is 1.26 bits per heavy atom. The Balaban J connectivity index is 1.61. The molecule has 5 nitrogen and oxygen atoms in total. The first-order valence-electron chi connectivity index (χ1n) is 6.37. The quantitative estimate of drug-likeness (QED) is 0.868. The van der Waals surface area contributed by atoms with Gasteiger partial charge in [-0.15, -0.1) is 10.2 Å². The van der Waals surface area contributed by atoms with Crippen LogP contribution < -0.4 is 15.4 Å². The average Bonchev–Trinajstić information content (AvgIpc) is 3.07. The first-order chi connectivity index (χ1) is 9.31. The molecule has 2 N–H and O–H groups in total. The maximum Gasteiger partial charge on any atom is 0.208 e. The highest BCUT2D eigenvalue weighted by molar-refractivity contribution is 7.15. The number of hydrogen-bond acceptors (Lipinski definition) is 6. The molecule has 0 aliphatic carbocycles. The second-order valence-electron chi connectivity index (χ2n) is 4.53. The highest BCUT2D eigenvalue weighted by Crippen LogP contribution is 2.25. The van der Waals surface area contributed by atoms with Crippen molar-refractivity contribution in [2.75, 3.05) is 23.7 Å². The summed E-state index contributed by atoms with van der Waals surface area (Å²) in [6.07, 6.45) is 2.49. The smallest absolute Gasteiger partial charge is 0.208 e. The van der Waals surface area contributed by atoms with Crippen LogP contribution in [0.5, 0.6) is 5.75 Å². The second-order valence-corrected chi connectivity index (χ2v) is 5.57. The van der Waals surface area contributed by atoms with E-state index in [0.29, 0.717) is 12.3 Å². The van der Waals surface area contributed by atoms with Gasteiger partial charge in [0, 0.05) is 24.8 Å². The summed E-state index contributed by atoms with van der Waals surface area (Å²) in [5, 5.41) is 10.3. The number of benzene rings is 1. The molecule has 19 heavy (non-hydrogen) atoms. The highest BCUT2D eigenvalue weighted by atomic mass is 32.1. The zero-order chi connectivity index (χ0) is 13.1. The van der Waals surface area contributed by atoms with Gasteiger partial charge in [0.25, 0.3) is 0 Å². The van der Waals surface area contributed by atoms with Crippen LogP contribution in [0.1, 0.15) is 17.8 Å². The minimum absolute atomic E-state index is 0.439. The molecule has 1 fully saturated rings. The van der Waals surface area contributed by atoms with Crippen LogP contribution in [-0.2, 0) is 6.61 Å². The third kappa shape index (κ3) is 2.96. The van der Waals surface area contributed by atoms with Crippen LogP contribution in [0.25, 0.3) is 0 Å². The molecule has 0 saturated carbocycles. The number of anilines is 2. The Labute approximate surface area is 116 Å². The molecule has 0 spiro atoms. The van der Waals surface area contributed by atoms with Crippen LogP contribution in [0.4, 0.5) is 10.8 Å². The van der Waals surface area contributed by atoms with Crippen molar-refractivity contribution in [2.24, 2.45) is 0 Å². The molecule has 0 radical (unpaired) electrons. The van der Waals surface area contributed by atoms with Gasteiger partial charge in [0.1, 0.15) is 12.4 Å². The van der Waals surface area contributed by atoms with Crippen molar-refractivity contribution in [1.82, 2.24) is 10.2 Å². The Morgan fingerprint density at radius 3 is 2.89 bits per heavy atom. The van der Waals surface area contributed by atoms with Gasteiger partial charge in [-0.05, 0) is 25.0 Å². The normalized spacial score (nSPS) is 14.8. The van der Waals surface area contributed by atoms with E-state index < -0.39 is 0 Å². The maximum absolute atomic E-state index is 5.70. The molecule has 2 aromatic rings. The third-order valence-corrected chi connectivity index (χ3v) is 4.01. The molecule has 6 heteroatoms. The summed E-state index contributed by atoms with van der Waals surface area (Å²) in [5.74, 6) is 0.762. The monoisotopic (exact) mass is 276 g/mol. The summed E-state index contributed by atoms with van der Waals surface area (Å²) in [5.41, 5.74) is 6.40. The minimum atomic E-state index is 0.439. The molecular weight excluding hydrogens is 260 g/mol. The Kier molecular flexibility index (Phi) is 3.50. The summed E-state index contributed by atoms with van der Waals surface area (Å²) in [7, 11) is 0. The summed E-state index contributed by atoms with van der Waals surface area (Å²) in [6.45, 7) is 2.62. The lowest BCUT2D eigenvalue weighted by Crippen LogP contribution is -2.17. The fourth-order valence-electron chi connectivity index (χ4n) is 2.09. The molecule has 0 unspecified atom stereocenters. The number of hydrogen-bond donors (Lipinski definition) is 1. The summed E-state index contributed by atoms with van der Waals surface area (Å²) < 4.78 is 5.66. The van der Waals surface area contributed by atoms with Gasteiger partial charge in [0.2, 0.25) is 5.13 Å². The van der Waals surface area contributed by atoms with E-state index in [1.54, 1.807) is 11.3 Å². The molecule has 1 aliphatic heterocycles. The van der Waals surface area contributed by atoms with E-state index in [1.807, 2.05) is 24.3 Å². The van der Waals surface area contributed by atoms with Crippen LogP contribution in [0, 0.1) is 0 Å². The first kappa shape index (κ1) is 12.2. The van der Waals surface area contributed by atoms with Gasteiger partial charge < -0.3 is 15.4 Å². The van der Waals surface area contributed by atoms with E-state index >= 15 is 0 Å². The van der Waals surface area contributed by atoms with Crippen molar-refractivity contribution in [2.45, 2.75) is 19.4 Å². The van der Waals surface area contributed by atoms with Crippen molar-refractivity contribution in [3.63, 3.8) is 0 Å². The molecule has 100 valence electrons. The van der Waals surface area contributed by atoms with E-state index in [-0.39, 0.29) is 0 Å². The molecule has 0 atom stereocenters.